The van der Waals surface area contributed by atoms with Crippen LogP contribution < -0.4 is 5.32 Å². The second-order valence-electron chi connectivity index (χ2n) is 5.69. The molecule has 1 heterocycles. The molecule has 1 fully saturated rings. The van der Waals surface area contributed by atoms with Crippen LogP contribution in [0.2, 0.25) is 0 Å². The van der Waals surface area contributed by atoms with E-state index in [1.807, 2.05) is 13.8 Å². The largest absolute Gasteiger partial charge is 0.396 e. The maximum atomic E-state index is 11.7. The van der Waals surface area contributed by atoms with Crippen molar-refractivity contribution in [3.05, 3.63) is 11.7 Å². The molecule has 1 aromatic rings. The van der Waals surface area contributed by atoms with Gasteiger partial charge in [-0.15, -0.1) is 0 Å². The minimum Gasteiger partial charge on any atom is -0.396 e. The topological polar surface area (TPSA) is 88.2 Å². The quantitative estimate of drug-likeness (QED) is 0.752. The Bertz CT molecular complexity index is 443. The summed E-state index contributed by atoms with van der Waals surface area (Å²) in [6.07, 6.45) is 4.07. The fraction of sp³-hybridized carbons (Fsp3) is 0.786. The van der Waals surface area contributed by atoms with Crippen LogP contribution in [0.15, 0.2) is 4.52 Å². The van der Waals surface area contributed by atoms with Gasteiger partial charge in [0.15, 0.2) is 5.82 Å². The van der Waals surface area contributed by atoms with Gasteiger partial charge in [-0.3, -0.25) is 4.79 Å². The van der Waals surface area contributed by atoms with Gasteiger partial charge >= 0.3 is 0 Å². The summed E-state index contributed by atoms with van der Waals surface area (Å²) in [4.78, 5) is 16.1. The molecule has 1 aromatic heterocycles. The molecule has 0 saturated heterocycles. The Kier molecular flexibility index (Phi) is 5.11. The van der Waals surface area contributed by atoms with Crippen molar-refractivity contribution in [3.63, 3.8) is 0 Å². The van der Waals surface area contributed by atoms with Crippen LogP contribution in [-0.4, -0.2) is 33.8 Å². The molecule has 2 atom stereocenters. The normalized spacial score (nSPS) is 17.8. The number of carbonyl (C=O) groups excluding carboxylic acids is 1. The summed E-state index contributed by atoms with van der Waals surface area (Å²) in [7, 11) is 0. The zero-order valence-corrected chi connectivity index (χ0v) is 12.1. The molecule has 1 amide bonds. The van der Waals surface area contributed by atoms with Gasteiger partial charge < -0.3 is 14.9 Å². The van der Waals surface area contributed by atoms with Crippen molar-refractivity contribution in [1.82, 2.24) is 15.5 Å². The molecule has 2 N–H and O–H groups in total. The number of nitrogens with one attached hydrogen (secondary N) is 1. The van der Waals surface area contributed by atoms with Gasteiger partial charge in [0.1, 0.15) is 0 Å². The van der Waals surface area contributed by atoms with Gasteiger partial charge in [-0.25, -0.2) is 0 Å². The van der Waals surface area contributed by atoms with Crippen molar-refractivity contribution in [2.24, 2.45) is 5.92 Å². The number of nitrogens with zero attached hydrogens (tertiary/aromatic N) is 2. The van der Waals surface area contributed by atoms with Gasteiger partial charge in [-0.1, -0.05) is 12.1 Å². The summed E-state index contributed by atoms with van der Waals surface area (Å²) < 4.78 is 5.16. The van der Waals surface area contributed by atoms with E-state index in [-0.39, 0.29) is 24.5 Å². The Morgan fingerprint density at radius 3 is 2.90 bits per heavy atom. The van der Waals surface area contributed by atoms with Crippen LogP contribution >= 0.6 is 0 Å². The number of rotatable bonds is 8. The summed E-state index contributed by atoms with van der Waals surface area (Å²) in [5.74, 6) is 2.00. The molecule has 112 valence electrons. The molecule has 1 saturated carbocycles. The van der Waals surface area contributed by atoms with Crippen molar-refractivity contribution in [2.75, 3.05) is 6.61 Å². The van der Waals surface area contributed by atoms with Crippen molar-refractivity contribution < 1.29 is 14.4 Å². The maximum absolute atomic E-state index is 11.7. The van der Waals surface area contributed by atoms with E-state index in [4.69, 9.17) is 9.63 Å². The van der Waals surface area contributed by atoms with Crippen molar-refractivity contribution in [3.8, 4) is 0 Å². The second kappa shape index (κ2) is 6.83. The van der Waals surface area contributed by atoms with Crippen LogP contribution in [0.1, 0.15) is 57.2 Å². The van der Waals surface area contributed by atoms with E-state index >= 15 is 0 Å². The van der Waals surface area contributed by atoms with Crippen molar-refractivity contribution in [2.45, 2.75) is 57.9 Å². The van der Waals surface area contributed by atoms with Gasteiger partial charge in [0.05, 0.1) is 0 Å². The SMILES string of the molecule is CC(CO)C(C)NC(=O)CCCc1nc(C2CC2)no1. The monoisotopic (exact) mass is 281 g/mol. The van der Waals surface area contributed by atoms with Crippen LogP contribution in [-0.2, 0) is 11.2 Å². The van der Waals surface area contributed by atoms with E-state index in [0.29, 0.717) is 31.1 Å². The van der Waals surface area contributed by atoms with Gasteiger partial charge in [-0.05, 0) is 32.1 Å². The average Bonchev–Trinajstić information content (AvgIpc) is 3.18. The third kappa shape index (κ3) is 4.30. The molecule has 2 rings (SSSR count). The first kappa shape index (κ1) is 15.0. The molecule has 0 aromatic carbocycles. The van der Waals surface area contributed by atoms with Crippen LogP contribution in [0, 0.1) is 5.92 Å². The summed E-state index contributed by atoms with van der Waals surface area (Å²) in [5, 5.41) is 15.8. The zero-order valence-electron chi connectivity index (χ0n) is 12.1. The molecule has 6 heteroatoms. The first-order valence-electron chi connectivity index (χ1n) is 7.33. The minimum absolute atomic E-state index is 0.000248. The standard InChI is InChI=1S/C14H23N3O3/c1-9(8-18)10(2)15-12(19)4-3-5-13-16-14(17-20-13)11-6-7-11/h9-11,18H,3-8H2,1-2H3,(H,15,19). The maximum Gasteiger partial charge on any atom is 0.226 e. The third-order valence-electron chi connectivity index (χ3n) is 3.75. The molecular formula is C14H23N3O3. The first-order valence-corrected chi connectivity index (χ1v) is 7.33. The minimum atomic E-state index is -0.0163. The highest BCUT2D eigenvalue weighted by molar-refractivity contribution is 5.76. The molecule has 6 nitrogen and oxygen atoms in total. The Balaban J connectivity index is 1.65. The molecular weight excluding hydrogens is 258 g/mol. The number of aromatic nitrogens is 2. The van der Waals surface area contributed by atoms with Gasteiger partial charge in [0.2, 0.25) is 11.8 Å². The van der Waals surface area contributed by atoms with Crippen molar-refractivity contribution >= 4 is 5.91 Å². The molecule has 0 radical (unpaired) electrons. The van der Waals surface area contributed by atoms with Crippen molar-refractivity contribution in [1.29, 1.82) is 0 Å². The predicted molar refractivity (Wildman–Crippen MR) is 73.1 cm³/mol. The molecule has 0 bridgehead atoms. The third-order valence-corrected chi connectivity index (χ3v) is 3.75. The van der Waals surface area contributed by atoms with E-state index in [1.165, 1.54) is 0 Å². The summed E-state index contributed by atoms with van der Waals surface area (Å²) in [6, 6.07) is -0.0163. The smallest absolute Gasteiger partial charge is 0.226 e. The number of aliphatic hydroxyl groups excluding tert-OH is 1. The molecule has 2 unspecified atom stereocenters. The highest BCUT2D eigenvalue weighted by Crippen LogP contribution is 2.38. The van der Waals surface area contributed by atoms with Crippen LogP contribution in [0.3, 0.4) is 0 Å². The fourth-order valence-corrected chi connectivity index (χ4v) is 1.90. The number of hydrogen-bond acceptors (Lipinski definition) is 5. The lowest BCUT2D eigenvalue weighted by molar-refractivity contribution is -0.122. The van der Waals surface area contributed by atoms with E-state index in [0.717, 1.165) is 18.7 Å². The lowest BCUT2D eigenvalue weighted by Gasteiger charge is -2.19. The first-order chi connectivity index (χ1) is 9.60. The zero-order chi connectivity index (χ0) is 14.5. The Morgan fingerprint density at radius 1 is 1.50 bits per heavy atom. The van der Waals surface area contributed by atoms with E-state index in [1.54, 1.807) is 0 Å². The molecule has 1 aliphatic rings. The number of aryl methyl sites for hydroxylation is 1. The molecule has 0 spiro atoms. The molecule has 0 aliphatic heterocycles. The second-order valence-corrected chi connectivity index (χ2v) is 5.69. The Morgan fingerprint density at radius 2 is 2.25 bits per heavy atom. The lowest BCUT2D eigenvalue weighted by atomic mass is 10.0. The summed E-state index contributed by atoms with van der Waals surface area (Å²) in [5.41, 5.74) is 0. The average molecular weight is 281 g/mol. The number of carbonyl (C=O) groups is 1. The Labute approximate surface area is 118 Å². The van der Waals surface area contributed by atoms with Crippen LogP contribution in [0.4, 0.5) is 0 Å². The molecule has 20 heavy (non-hydrogen) atoms. The summed E-state index contributed by atoms with van der Waals surface area (Å²) >= 11 is 0. The van der Waals surface area contributed by atoms with E-state index < -0.39 is 0 Å². The number of aliphatic hydroxyl groups is 1. The lowest BCUT2D eigenvalue weighted by Crippen LogP contribution is -2.38. The van der Waals surface area contributed by atoms with Gasteiger partial charge in [0.25, 0.3) is 0 Å². The molecule has 1 aliphatic carbocycles. The number of amides is 1. The highest BCUT2D eigenvalue weighted by atomic mass is 16.5. The highest BCUT2D eigenvalue weighted by Gasteiger charge is 2.28. The van der Waals surface area contributed by atoms with Crippen LogP contribution in [0.5, 0.6) is 0 Å². The van der Waals surface area contributed by atoms with Gasteiger partial charge in [-0.2, -0.15) is 4.98 Å². The van der Waals surface area contributed by atoms with E-state index in [9.17, 15) is 4.79 Å². The fourth-order valence-electron chi connectivity index (χ4n) is 1.90. The van der Waals surface area contributed by atoms with Crippen LogP contribution in [0.25, 0.3) is 0 Å². The number of hydrogen-bond donors (Lipinski definition) is 2. The summed E-state index contributed by atoms with van der Waals surface area (Å²) in [6.45, 7) is 3.88. The Hall–Kier alpha value is -1.43. The predicted octanol–water partition coefficient (Wildman–Crippen LogP) is 1.40. The van der Waals surface area contributed by atoms with Gasteiger partial charge in [0, 0.05) is 31.4 Å². The van der Waals surface area contributed by atoms with E-state index in [2.05, 4.69) is 15.5 Å².